The number of carbonyl (C=O) groups excluding carboxylic acids is 1. The van der Waals surface area contributed by atoms with Gasteiger partial charge in [0, 0.05) is 24.6 Å². The molecule has 0 spiro atoms. The van der Waals surface area contributed by atoms with Gasteiger partial charge in [0.25, 0.3) is 11.5 Å². The van der Waals surface area contributed by atoms with Gasteiger partial charge in [-0.2, -0.15) is 0 Å². The first-order valence-corrected chi connectivity index (χ1v) is 8.85. The zero-order chi connectivity index (χ0) is 18.6. The maximum atomic E-state index is 12.8. The van der Waals surface area contributed by atoms with Gasteiger partial charge in [0.15, 0.2) is 0 Å². The SMILES string of the molecule is CCC(NC(=O)c1c(C)ccn(CCC(C)C)c1=O)c1ncc(C)[nH]1. The molecule has 2 aromatic rings. The molecule has 0 aliphatic carbocycles. The summed E-state index contributed by atoms with van der Waals surface area (Å²) in [5, 5.41) is 2.94. The summed E-state index contributed by atoms with van der Waals surface area (Å²) in [5.74, 6) is 0.863. The highest BCUT2D eigenvalue weighted by Crippen LogP contribution is 2.14. The number of imidazole rings is 1. The Bertz CT molecular complexity index is 789. The average molecular weight is 344 g/mol. The molecule has 2 aromatic heterocycles. The van der Waals surface area contributed by atoms with Crippen LogP contribution in [0.5, 0.6) is 0 Å². The molecule has 136 valence electrons. The lowest BCUT2D eigenvalue weighted by Crippen LogP contribution is -2.36. The van der Waals surface area contributed by atoms with Crippen LogP contribution < -0.4 is 10.9 Å². The molecular weight excluding hydrogens is 316 g/mol. The average Bonchev–Trinajstić information content (AvgIpc) is 2.98. The molecule has 0 aliphatic heterocycles. The van der Waals surface area contributed by atoms with Crippen LogP contribution >= 0.6 is 0 Å². The van der Waals surface area contributed by atoms with E-state index in [0.29, 0.717) is 30.3 Å². The molecule has 0 saturated carbocycles. The van der Waals surface area contributed by atoms with E-state index in [4.69, 9.17) is 0 Å². The van der Waals surface area contributed by atoms with E-state index in [1.165, 1.54) is 0 Å². The molecule has 6 heteroatoms. The molecule has 25 heavy (non-hydrogen) atoms. The molecule has 6 nitrogen and oxygen atoms in total. The minimum atomic E-state index is -0.345. The van der Waals surface area contributed by atoms with Gasteiger partial charge in [-0.3, -0.25) is 9.59 Å². The summed E-state index contributed by atoms with van der Waals surface area (Å²) < 4.78 is 1.62. The fourth-order valence-electron chi connectivity index (χ4n) is 2.72. The molecule has 0 radical (unpaired) electrons. The highest BCUT2D eigenvalue weighted by Gasteiger charge is 2.21. The van der Waals surface area contributed by atoms with Crippen LogP contribution in [0.4, 0.5) is 0 Å². The number of amides is 1. The summed E-state index contributed by atoms with van der Waals surface area (Å²) in [5.41, 5.74) is 1.61. The van der Waals surface area contributed by atoms with E-state index in [0.717, 1.165) is 12.1 Å². The van der Waals surface area contributed by atoms with Crippen molar-refractivity contribution in [1.29, 1.82) is 0 Å². The number of aryl methyl sites for hydroxylation is 3. The van der Waals surface area contributed by atoms with Crippen LogP contribution in [0.15, 0.2) is 23.3 Å². The first kappa shape index (κ1) is 19.0. The van der Waals surface area contributed by atoms with Gasteiger partial charge >= 0.3 is 0 Å². The highest BCUT2D eigenvalue weighted by atomic mass is 16.2. The normalized spacial score (nSPS) is 12.4. The van der Waals surface area contributed by atoms with Crippen LogP contribution in [0.2, 0.25) is 0 Å². The minimum absolute atomic E-state index is 0.216. The second-order valence-electron chi connectivity index (χ2n) is 6.94. The van der Waals surface area contributed by atoms with Gasteiger partial charge in [-0.15, -0.1) is 0 Å². The Balaban J connectivity index is 2.25. The van der Waals surface area contributed by atoms with Crippen LogP contribution in [0.25, 0.3) is 0 Å². The van der Waals surface area contributed by atoms with Gasteiger partial charge in [0.05, 0.1) is 6.04 Å². The van der Waals surface area contributed by atoms with Crippen molar-refractivity contribution in [1.82, 2.24) is 19.9 Å². The quantitative estimate of drug-likeness (QED) is 0.810. The van der Waals surface area contributed by atoms with E-state index in [1.54, 1.807) is 23.9 Å². The summed E-state index contributed by atoms with van der Waals surface area (Å²) in [4.78, 5) is 32.9. The minimum Gasteiger partial charge on any atom is -0.344 e. The fourth-order valence-corrected chi connectivity index (χ4v) is 2.72. The summed E-state index contributed by atoms with van der Waals surface area (Å²) >= 11 is 0. The van der Waals surface area contributed by atoms with Gasteiger partial charge < -0.3 is 14.9 Å². The number of nitrogens with zero attached hydrogens (tertiary/aromatic N) is 2. The third-order valence-corrected chi connectivity index (χ3v) is 4.31. The fraction of sp³-hybridized carbons (Fsp3) is 0.526. The Labute approximate surface area is 148 Å². The Hall–Kier alpha value is -2.37. The van der Waals surface area contributed by atoms with Crippen LogP contribution in [0, 0.1) is 19.8 Å². The first-order valence-electron chi connectivity index (χ1n) is 8.85. The number of hydrogen-bond donors (Lipinski definition) is 2. The van der Waals surface area contributed by atoms with Gasteiger partial charge in [0.1, 0.15) is 11.4 Å². The third kappa shape index (κ3) is 4.59. The Kier molecular flexibility index (Phi) is 6.17. The van der Waals surface area contributed by atoms with Gasteiger partial charge in [0.2, 0.25) is 0 Å². The highest BCUT2D eigenvalue weighted by molar-refractivity contribution is 5.95. The summed E-state index contributed by atoms with van der Waals surface area (Å²) in [7, 11) is 0. The van der Waals surface area contributed by atoms with Crippen molar-refractivity contribution in [2.45, 2.75) is 60.0 Å². The lowest BCUT2D eigenvalue weighted by molar-refractivity contribution is 0.0931. The van der Waals surface area contributed by atoms with Crippen LogP contribution in [-0.4, -0.2) is 20.4 Å². The lowest BCUT2D eigenvalue weighted by atomic mass is 10.1. The predicted octanol–water partition coefficient (Wildman–Crippen LogP) is 3.12. The molecule has 0 bridgehead atoms. The number of H-pyrrole nitrogens is 1. The zero-order valence-corrected chi connectivity index (χ0v) is 15.7. The van der Waals surface area contributed by atoms with Crippen molar-refractivity contribution in [3.8, 4) is 0 Å². The van der Waals surface area contributed by atoms with E-state index in [-0.39, 0.29) is 23.1 Å². The Morgan fingerprint density at radius 1 is 1.36 bits per heavy atom. The van der Waals surface area contributed by atoms with E-state index in [1.807, 2.05) is 19.9 Å². The van der Waals surface area contributed by atoms with Crippen molar-refractivity contribution >= 4 is 5.91 Å². The van der Waals surface area contributed by atoms with Gasteiger partial charge in [-0.1, -0.05) is 20.8 Å². The van der Waals surface area contributed by atoms with Gasteiger partial charge in [-0.25, -0.2) is 4.98 Å². The third-order valence-electron chi connectivity index (χ3n) is 4.31. The largest absolute Gasteiger partial charge is 0.344 e. The van der Waals surface area contributed by atoms with Crippen LogP contribution in [0.3, 0.4) is 0 Å². The van der Waals surface area contributed by atoms with Crippen LogP contribution in [0.1, 0.15) is 67.1 Å². The predicted molar refractivity (Wildman–Crippen MR) is 98.7 cm³/mol. The van der Waals surface area contributed by atoms with Crippen molar-refractivity contribution < 1.29 is 4.79 Å². The van der Waals surface area contributed by atoms with E-state index < -0.39 is 0 Å². The maximum Gasteiger partial charge on any atom is 0.263 e. The molecule has 1 amide bonds. The van der Waals surface area contributed by atoms with E-state index in [9.17, 15) is 9.59 Å². The van der Waals surface area contributed by atoms with Crippen LogP contribution in [-0.2, 0) is 6.54 Å². The topological polar surface area (TPSA) is 79.8 Å². The number of pyridine rings is 1. The van der Waals surface area contributed by atoms with E-state index >= 15 is 0 Å². The summed E-state index contributed by atoms with van der Waals surface area (Å²) in [6.07, 6.45) is 5.08. The van der Waals surface area contributed by atoms with E-state index in [2.05, 4.69) is 29.1 Å². The Morgan fingerprint density at radius 3 is 2.64 bits per heavy atom. The summed E-state index contributed by atoms with van der Waals surface area (Å²) in [6.45, 7) is 10.5. The van der Waals surface area contributed by atoms with Gasteiger partial charge in [-0.05, 0) is 44.2 Å². The standard InChI is InChI=1S/C19H28N4O2/c1-6-15(17-20-11-14(5)21-17)22-18(24)16-13(4)8-10-23(19(16)25)9-7-12(2)3/h8,10-12,15H,6-7,9H2,1-5H3,(H,20,21)(H,22,24). The maximum absolute atomic E-state index is 12.8. The molecule has 2 rings (SSSR count). The molecule has 0 saturated heterocycles. The lowest BCUT2D eigenvalue weighted by Gasteiger charge is -2.16. The van der Waals surface area contributed by atoms with Crippen molar-refractivity contribution in [3.63, 3.8) is 0 Å². The number of aromatic nitrogens is 3. The van der Waals surface area contributed by atoms with Crippen molar-refractivity contribution in [2.75, 3.05) is 0 Å². The molecule has 0 aliphatic rings. The molecule has 2 heterocycles. The number of nitrogens with one attached hydrogen (secondary N) is 2. The zero-order valence-electron chi connectivity index (χ0n) is 15.7. The molecule has 0 aromatic carbocycles. The summed E-state index contributed by atoms with van der Waals surface area (Å²) in [6, 6.07) is 1.58. The molecule has 2 N–H and O–H groups in total. The number of hydrogen-bond acceptors (Lipinski definition) is 3. The number of aromatic amines is 1. The monoisotopic (exact) mass is 344 g/mol. The molecular formula is C19H28N4O2. The smallest absolute Gasteiger partial charge is 0.263 e. The molecule has 1 unspecified atom stereocenters. The second kappa shape index (κ2) is 8.14. The number of rotatable bonds is 7. The molecule has 0 fully saturated rings. The number of carbonyl (C=O) groups is 1. The Morgan fingerprint density at radius 2 is 2.08 bits per heavy atom. The van der Waals surface area contributed by atoms with Crippen molar-refractivity contribution in [3.05, 3.63) is 51.5 Å². The van der Waals surface area contributed by atoms with Crippen molar-refractivity contribution in [2.24, 2.45) is 5.92 Å². The molecule has 1 atom stereocenters. The first-order chi connectivity index (χ1) is 11.8. The second-order valence-corrected chi connectivity index (χ2v) is 6.94.